The van der Waals surface area contributed by atoms with Crippen LogP contribution in [-0.4, -0.2) is 24.8 Å². The van der Waals surface area contributed by atoms with E-state index >= 15 is 0 Å². The van der Waals surface area contributed by atoms with E-state index in [1.807, 2.05) is 23.2 Å². The highest BCUT2D eigenvalue weighted by Crippen LogP contribution is 2.22. The van der Waals surface area contributed by atoms with Gasteiger partial charge in [-0.15, -0.1) is 5.10 Å². The fraction of sp³-hybridized carbons (Fsp3) is 0.545. The summed E-state index contributed by atoms with van der Waals surface area (Å²) in [7, 11) is 0. The summed E-state index contributed by atoms with van der Waals surface area (Å²) in [6.07, 6.45) is 0.815. The molecule has 2 aromatic rings. The van der Waals surface area contributed by atoms with Crippen molar-refractivity contribution in [1.82, 2.24) is 24.8 Å². The summed E-state index contributed by atoms with van der Waals surface area (Å²) in [5.41, 5.74) is 8.83. The molecule has 0 aromatic carbocycles. The van der Waals surface area contributed by atoms with Gasteiger partial charge in [-0.3, -0.25) is 4.68 Å². The molecule has 0 atom stereocenters. The molecule has 2 N–H and O–H groups in total. The van der Waals surface area contributed by atoms with Crippen molar-refractivity contribution in [3.8, 4) is 0 Å². The maximum Gasteiger partial charge on any atom is 0.169 e. The lowest BCUT2D eigenvalue weighted by atomic mass is 10.3. The zero-order valence-corrected chi connectivity index (χ0v) is 12.4. The number of nitrogens with zero attached hydrogens (tertiary/aromatic N) is 5. The number of halogens is 1. The Morgan fingerprint density at radius 1 is 1.22 bits per heavy atom. The third-order valence-electron chi connectivity index (χ3n) is 2.95. The number of nitrogens with two attached hydrogens (primary N) is 1. The van der Waals surface area contributed by atoms with Crippen LogP contribution in [0.5, 0.6) is 0 Å². The lowest BCUT2D eigenvalue weighted by Gasteiger charge is -2.07. The molecule has 0 saturated carbocycles. The van der Waals surface area contributed by atoms with Gasteiger partial charge >= 0.3 is 0 Å². The highest BCUT2D eigenvalue weighted by atomic mass is 79.9. The molecule has 7 heteroatoms. The molecule has 0 radical (unpaired) electrons. The second kappa shape index (κ2) is 5.09. The number of anilines is 1. The maximum absolute atomic E-state index is 5.79. The van der Waals surface area contributed by atoms with Crippen molar-refractivity contribution >= 4 is 21.7 Å². The van der Waals surface area contributed by atoms with Gasteiger partial charge in [0.2, 0.25) is 0 Å². The van der Waals surface area contributed by atoms with Crippen LogP contribution >= 0.6 is 15.9 Å². The summed E-state index contributed by atoms with van der Waals surface area (Å²) in [5, 5.41) is 12.5. The van der Waals surface area contributed by atoms with Gasteiger partial charge < -0.3 is 5.73 Å². The molecule has 0 saturated heterocycles. The van der Waals surface area contributed by atoms with Gasteiger partial charge in [0.25, 0.3) is 0 Å². The molecule has 0 aliphatic carbocycles. The van der Waals surface area contributed by atoms with Crippen LogP contribution in [0.1, 0.15) is 30.9 Å². The predicted molar refractivity (Wildman–Crippen MR) is 73.3 cm³/mol. The van der Waals surface area contributed by atoms with Crippen molar-refractivity contribution in [2.24, 2.45) is 0 Å². The van der Waals surface area contributed by atoms with Crippen molar-refractivity contribution in [3.05, 3.63) is 21.6 Å². The summed E-state index contributed by atoms with van der Waals surface area (Å²) >= 11 is 3.58. The molecular weight excluding hydrogens is 296 g/mol. The lowest BCUT2D eigenvalue weighted by Crippen LogP contribution is -2.12. The van der Waals surface area contributed by atoms with Gasteiger partial charge in [-0.2, -0.15) is 5.10 Å². The molecule has 2 aromatic heterocycles. The van der Waals surface area contributed by atoms with Crippen LogP contribution in [0.25, 0.3) is 0 Å². The third-order valence-corrected chi connectivity index (χ3v) is 3.99. The second-order valence-electron chi connectivity index (χ2n) is 4.09. The Hall–Kier alpha value is -1.37. The predicted octanol–water partition coefficient (Wildman–Crippen LogP) is 1.76. The molecular formula is C11H17BrN6. The molecule has 2 rings (SSSR count). The summed E-state index contributed by atoms with van der Waals surface area (Å²) in [6.45, 7) is 7.55. The first kappa shape index (κ1) is 13.1. The van der Waals surface area contributed by atoms with Gasteiger partial charge in [0.05, 0.1) is 28.1 Å². The Morgan fingerprint density at radius 2 is 1.94 bits per heavy atom. The van der Waals surface area contributed by atoms with Gasteiger partial charge in [-0.05, 0) is 36.2 Å². The van der Waals surface area contributed by atoms with E-state index in [1.165, 1.54) is 0 Å². The van der Waals surface area contributed by atoms with E-state index in [2.05, 4.69) is 38.3 Å². The summed E-state index contributed by atoms with van der Waals surface area (Å²) in [5.74, 6) is 0.507. The van der Waals surface area contributed by atoms with Crippen LogP contribution in [-0.2, 0) is 19.5 Å². The smallest absolute Gasteiger partial charge is 0.169 e. The van der Waals surface area contributed by atoms with Gasteiger partial charge in [0, 0.05) is 6.54 Å². The molecule has 2 heterocycles. The molecule has 18 heavy (non-hydrogen) atoms. The van der Waals surface area contributed by atoms with E-state index in [9.17, 15) is 0 Å². The number of hydrogen-bond acceptors (Lipinski definition) is 4. The molecule has 0 fully saturated rings. The van der Waals surface area contributed by atoms with E-state index in [-0.39, 0.29) is 0 Å². The van der Waals surface area contributed by atoms with Crippen molar-refractivity contribution in [1.29, 1.82) is 0 Å². The van der Waals surface area contributed by atoms with Crippen LogP contribution < -0.4 is 5.73 Å². The fourth-order valence-electron chi connectivity index (χ4n) is 2.00. The highest BCUT2D eigenvalue weighted by Gasteiger charge is 2.15. The Balaban J connectivity index is 2.39. The number of nitrogen functional groups attached to an aromatic ring is 1. The standard InChI is InChI=1S/C11H17BrN6/c1-4-8-11(13)14-16-18(8)6-9-10(12)7(3)15-17(9)5-2/h4-6,13H2,1-3H3. The Bertz CT molecular complexity index is 556. The number of hydrogen-bond donors (Lipinski definition) is 1. The second-order valence-corrected chi connectivity index (χ2v) is 4.89. The monoisotopic (exact) mass is 312 g/mol. The van der Waals surface area contributed by atoms with Crippen molar-refractivity contribution in [2.75, 3.05) is 5.73 Å². The molecule has 98 valence electrons. The first-order chi connectivity index (χ1) is 8.58. The molecule has 0 spiro atoms. The number of aryl methyl sites for hydroxylation is 2. The van der Waals surface area contributed by atoms with E-state index in [0.717, 1.165) is 34.5 Å². The van der Waals surface area contributed by atoms with Crippen LogP contribution in [0.15, 0.2) is 4.47 Å². The Kier molecular flexibility index (Phi) is 3.70. The normalized spacial score (nSPS) is 11.1. The SMILES string of the molecule is CCc1c(N)nnn1Cc1c(Br)c(C)nn1CC. The first-order valence-electron chi connectivity index (χ1n) is 5.98. The first-order valence-corrected chi connectivity index (χ1v) is 6.77. The zero-order valence-electron chi connectivity index (χ0n) is 10.8. The minimum Gasteiger partial charge on any atom is -0.381 e. The zero-order chi connectivity index (χ0) is 13.3. The minimum atomic E-state index is 0.507. The third kappa shape index (κ3) is 2.14. The quantitative estimate of drug-likeness (QED) is 0.933. The van der Waals surface area contributed by atoms with Gasteiger partial charge in [0.15, 0.2) is 5.82 Å². The summed E-state index contributed by atoms with van der Waals surface area (Å²) in [4.78, 5) is 0. The van der Waals surface area contributed by atoms with Crippen LogP contribution in [0.2, 0.25) is 0 Å². The topological polar surface area (TPSA) is 74.6 Å². The summed E-state index contributed by atoms with van der Waals surface area (Å²) in [6, 6.07) is 0. The maximum atomic E-state index is 5.79. The largest absolute Gasteiger partial charge is 0.381 e. The van der Waals surface area contributed by atoms with Gasteiger partial charge in [0.1, 0.15) is 0 Å². The van der Waals surface area contributed by atoms with E-state index in [1.54, 1.807) is 0 Å². The number of aromatic nitrogens is 5. The van der Waals surface area contributed by atoms with Gasteiger partial charge in [-0.1, -0.05) is 12.1 Å². The fourth-order valence-corrected chi connectivity index (χ4v) is 2.41. The molecule has 0 aliphatic heterocycles. The molecule has 0 aliphatic rings. The molecule has 0 unspecified atom stereocenters. The summed E-state index contributed by atoms with van der Waals surface area (Å²) < 4.78 is 4.83. The van der Waals surface area contributed by atoms with E-state index in [0.29, 0.717) is 12.4 Å². The van der Waals surface area contributed by atoms with Gasteiger partial charge in [-0.25, -0.2) is 4.68 Å². The van der Waals surface area contributed by atoms with Crippen LogP contribution in [0.4, 0.5) is 5.82 Å². The average Bonchev–Trinajstić information content (AvgIpc) is 2.84. The lowest BCUT2D eigenvalue weighted by molar-refractivity contribution is 0.552. The van der Waals surface area contributed by atoms with Crippen molar-refractivity contribution in [3.63, 3.8) is 0 Å². The van der Waals surface area contributed by atoms with E-state index in [4.69, 9.17) is 5.73 Å². The minimum absolute atomic E-state index is 0.507. The molecule has 0 amide bonds. The molecule has 6 nitrogen and oxygen atoms in total. The Morgan fingerprint density at radius 3 is 2.56 bits per heavy atom. The molecule has 0 bridgehead atoms. The van der Waals surface area contributed by atoms with Crippen molar-refractivity contribution in [2.45, 2.75) is 40.3 Å². The highest BCUT2D eigenvalue weighted by molar-refractivity contribution is 9.10. The van der Waals surface area contributed by atoms with Crippen molar-refractivity contribution < 1.29 is 0 Å². The van der Waals surface area contributed by atoms with E-state index < -0.39 is 0 Å². The average molecular weight is 313 g/mol. The van der Waals surface area contributed by atoms with Crippen LogP contribution in [0.3, 0.4) is 0 Å². The number of rotatable bonds is 4. The Labute approximate surface area is 114 Å². The van der Waals surface area contributed by atoms with Crippen LogP contribution in [0, 0.1) is 6.92 Å².